The van der Waals surface area contributed by atoms with E-state index >= 15 is 0 Å². The number of imidazole rings is 1. The first-order valence-electron chi connectivity index (χ1n) is 6.78. The molecule has 1 atom stereocenters. The molecule has 0 bridgehead atoms. The van der Waals surface area contributed by atoms with Gasteiger partial charge in [-0.15, -0.1) is 0 Å². The number of hydrogen-bond donors (Lipinski definition) is 0. The number of rotatable bonds is 0. The molecular formula is C15H26N2. The van der Waals surface area contributed by atoms with Crippen LogP contribution in [0.25, 0.3) is 0 Å². The van der Waals surface area contributed by atoms with Gasteiger partial charge in [-0.3, -0.25) is 0 Å². The summed E-state index contributed by atoms with van der Waals surface area (Å²) in [7, 11) is 0. The normalized spacial score (nSPS) is 21.4. The molecule has 1 aromatic rings. The third kappa shape index (κ3) is 2.41. The first kappa shape index (κ1) is 12.7. The quantitative estimate of drug-likeness (QED) is 0.660. The molecule has 2 rings (SSSR count). The van der Waals surface area contributed by atoms with Crippen LogP contribution in [-0.2, 0) is 11.8 Å². The number of aromatic nitrogens is 2. The van der Waals surface area contributed by atoms with Gasteiger partial charge in [0.1, 0.15) is 5.82 Å². The average molecular weight is 234 g/mol. The van der Waals surface area contributed by atoms with Crippen LogP contribution in [0.5, 0.6) is 0 Å². The number of aryl methyl sites for hydroxylation is 1. The Morgan fingerprint density at radius 2 is 1.82 bits per heavy atom. The SMILES string of the molecule is CC(C)(C)c1cn2c(n1)CCCC2C(C)(C)C. The number of fused-ring (bicyclic) bond motifs is 1. The fraction of sp³-hybridized carbons (Fsp3) is 0.800. The molecule has 0 saturated carbocycles. The van der Waals surface area contributed by atoms with Crippen molar-refractivity contribution in [3.05, 3.63) is 17.7 Å². The third-order valence-electron chi connectivity index (χ3n) is 3.79. The van der Waals surface area contributed by atoms with E-state index < -0.39 is 0 Å². The van der Waals surface area contributed by atoms with Crippen molar-refractivity contribution in [1.82, 2.24) is 9.55 Å². The van der Waals surface area contributed by atoms with Crippen molar-refractivity contribution < 1.29 is 0 Å². The Labute approximate surface area is 105 Å². The van der Waals surface area contributed by atoms with Gasteiger partial charge in [-0.25, -0.2) is 4.98 Å². The van der Waals surface area contributed by atoms with Crippen LogP contribution >= 0.6 is 0 Å². The zero-order valence-electron chi connectivity index (χ0n) is 12.2. The number of hydrogen-bond acceptors (Lipinski definition) is 1. The van der Waals surface area contributed by atoms with E-state index in [1.54, 1.807) is 0 Å². The van der Waals surface area contributed by atoms with Crippen LogP contribution in [0.3, 0.4) is 0 Å². The Kier molecular flexibility index (Phi) is 2.87. The second-order valence-electron chi connectivity index (χ2n) is 7.47. The van der Waals surface area contributed by atoms with E-state index in [2.05, 4.69) is 52.3 Å². The fourth-order valence-electron chi connectivity index (χ4n) is 2.69. The van der Waals surface area contributed by atoms with Crippen molar-refractivity contribution in [2.24, 2.45) is 5.41 Å². The summed E-state index contributed by atoms with van der Waals surface area (Å²) in [4.78, 5) is 4.85. The molecule has 0 amide bonds. The highest BCUT2D eigenvalue weighted by atomic mass is 15.1. The molecular weight excluding hydrogens is 208 g/mol. The van der Waals surface area contributed by atoms with Crippen molar-refractivity contribution in [1.29, 1.82) is 0 Å². The van der Waals surface area contributed by atoms with Gasteiger partial charge in [0.25, 0.3) is 0 Å². The Hall–Kier alpha value is -0.790. The summed E-state index contributed by atoms with van der Waals surface area (Å²) in [5.41, 5.74) is 1.72. The highest BCUT2D eigenvalue weighted by Gasteiger charge is 2.32. The molecule has 1 aliphatic heterocycles. The van der Waals surface area contributed by atoms with E-state index in [1.165, 1.54) is 24.4 Å². The van der Waals surface area contributed by atoms with Gasteiger partial charge in [0.2, 0.25) is 0 Å². The first-order chi connectivity index (χ1) is 7.69. The summed E-state index contributed by atoms with van der Waals surface area (Å²) in [5, 5.41) is 0. The smallest absolute Gasteiger partial charge is 0.109 e. The van der Waals surface area contributed by atoms with Crippen molar-refractivity contribution in [3.63, 3.8) is 0 Å². The molecule has 1 unspecified atom stereocenters. The van der Waals surface area contributed by atoms with Gasteiger partial charge < -0.3 is 4.57 Å². The molecule has 0 fully saturated rings. The fourth-order valence-corrected chi connectivity index (χ4v) is 2.69. The van der Waals surface area contributed by atoms with Crippen LogP contribution in [0, 0.1) is 5.41 Å². The van der Waals surface area contributed by atoms with Gasteiger partial charge in [0.05, 0.1) is 5.69 Å². The van der Waals surface area contributed by atoms with Gasteiger partial charge >= 0.3 is 0 Å². The molecule has 2 nitrogen and oxygen atoms in total. The monoisotopic (exact) mass is 234 g/mol. The maximum Gasteiger partial charge on any atom is 0.109 e. The third-order valence-corrected chi connectivity index (χ3v) is 3.79. The lowest BCUT2D eigenvalue weighted by Crippen LogP contribution is -2.28. The predicted octanol–water partition coefficient (Wildman–Crippen LogP) is 4.10. The van der Waals surface area contributed by atoms with Gasteiger partial charge in [-0.2, -0.15) is 0 Å². The van der Waals surface area contributed by atoms with E-state index in [9.17, 15) is 0 Å². The Morgan fingerprint density at radius 3 is 2.35 bits per heavy atom. The Bertz CT molecular complexity index is 402. The maximum atomic E-state index is 4.85. The van der Waals surface area contributed by atoms with E-state index in [-0.39, 0.29) is 5.41 Å². The zero-order chi connectivity index (χ0) is 12.8. The summed E-state index contributed by atoms with van der Waals surface area (Å²) in [6.07, 6.45) is 6.01. The lowest BCUT2D eigenvalue weighted by Gasteiger charge is -2.35. The summed E-state index contributed by atoms with van der Waals surface area (Å²) in [6, 6.07) is 0.606. The van der Waals surface area contributed by atoms with Crippen LogP contribution in [0.4, 0.5) is 0 Å². The van der Waals surface area contributed by atoms with Crippen LogP contribution in [0.2, 0.25) is 0 Å². The van der Waals surface area contributed by atoms with Gasteiger partial charge in [-0.1, -0.05) is 41.5 Å². The van der Waals surface area contributed by atoms with Crippen molar-refractivity contribution >= 4 is 0 Å². The minimum Gasteiger partial charge on any atom is -0.331 e. The summed E-state index contributed by atoms with van der Waals surface area (Å²) in [5.74, 6) is 1.29. The van der Waals surface area contributed by atoms with Gasteiger partial charge in [0, 0.05) is 24.1 Å². The van der Waals surface area contributed by atoms with Crippen molar-refractivity contribution in [2.45, 2.75) is 72.3 Å². The molecule has 17 heavy (non-hydrogen) atoms. The molecule has 0 aromatic carbocycles. The number of nitrogens with zero attached hydrogens (tertiary/aromatic N) is 2. The Balaban J connectivity index is 2.42. The molecule has 2 heterocycles. The molecule has 96 valence electrons. The highest BCUT2D eigenvalue weighted by Crippen LogP contribution is 2.39. The molecule has 0 saturated heterocycles. The van der Waals surface area contributed by atoms with Crippen LogP contribution in [0.1, 0.15) is 71.9 Å². The molecule has 1 aliphatic rings. The Morgan fingerprint density at radius 1 is 1.18 bits per heavy atom. The minimum atomic E-state index is 0.159. The lowest BCUT2D eigenvalue weighted by molar-refractivity contribution is 0.204. The topological polar surface area (TPSA) is 17.8 Å². The van der Waals surface area contributed by atoms with E-state index in [0.29, 0.717) is 11.5 Å². The molecule has 0 radical (unpaired) electrons. The molecule has 1 aromatic heterocycles. The van der Waals surface area contributed by atoms with Crippen LogP contribution in [0.15, 0.2) is 6.20 Å². The standard InChI is InChI=1S/C15H26N2/c1-14(2,3)11-10-17-12(15(4,5)6)8-7-9-13(17)16-11/h10,12H,7-9H2,1-6H3. The van der Waals surface area contributed by atoms with Crippen LogP contribution in [-0.4, -0.2) is 9.55 Å². The zero-order valence-corrected chi connectivity index (χ0v) is 12.2. The summed E-state index contributed by atoms with van der Waals surface area (Å²) in [6.45, 7) is 13.7. The minimum absolute atomic E-state index is 0.159. The van der Waals surface area contributed by atoms with Gasteiger partial charge in [0.15, 0.2) is 0 Å². The summed E-state index contributed by atoms with van der Waals surface area (Å²) < 4.78 is 2.45. The van der Waals surface area contributed by atoms with E-state index in [4.69, 9.17) is 4.98 Å². The van der Waals surface area contributed by atoms with Crippen LogP contribution < -0.4 is 0 Å². The second-order valence-corrected chi connectivity index (χ2v) is 7.47. The maximum absolute atomic E-state index is 4.85. The molecule has 2 heteroatoms. The predicted molar refractivity (Wildman–Crippen MR) is 72.4 cm³/mol. The van der Waals surface area contributed by atoms with Crippen molar-refractivity contribution in [3.8, 4) is 0 Å². The average Bonchev–Trinajstić information content (AvgIpc) is 2.57. The van der Waals surface area contributed by atoms with E-state index in [0.717, 1.165) is 6.42 Å². The lowest BCUT2D eigenvalue weighted by atomic mass is 9.82. The second kappa shape index (κ2) is 3.86. The largest absolute Gasteiger partial charge is 0.331 e. The molecule has 0 N–H and O–H groups in total. The highest BCUT2D eigenvalue weighted by molar-refractivity contribution is 5.16. The summed E-state index contributed by atoms with van der Waals surface area (Å²) >= 11 is 0. The molecule has 0 spiro atoms. The van der Waals surface area contributed by atoms with Gasteiger partial charge in [-0.05, 0) is 18.3 Å². The first-order valence-corrected chi connectivity index (χ1v) is 6.78. The van der Waals surface area contributed by atoms with Crippen molar-refractivity contribution in [2.75, 3.05) is 0 Å². The molecule has 0 aliphatic carbocycles. The van der Waals surface area contributed by atoms with E-state index in [1.807, 2.05) is 0 Å².